The molecular formula is C19H19BrFNO4. The Kier molecular flexibility index (Phi) is 5.66. The topological polar surface area (TPSA) is 56.8 Å². The Balaban J connectivity index is 1.69. The van der Waals surface area contributed by atoms with Crippen molar-refractivity contribution >= 4 is 27.5 Å². The average Bonchev–Trinajstić information content (AvgIpc) is 2.93. The van der Waals surface area contributed by atoms with Gasteiger partial charge in [-0.05, 0) is 38.1 Å². The fourth-order valence-corrected chi connectivity index (χ4v) is 3.07. The molecule has 1 aliphatic heterocycles. The number of anilines is 1. The molecule has 2 aromatic rings. The first-order chi connectivity index (χ1) is 12.5. The highest BCUT2D eigenvalue weighted by atomic mass is 79.9. The van der Waals surface area contributed by atoms with E-state index >= 15 is 0 Å². The Labute approximate surface area is 159 Å². The van der Waals surface area contributed by atoms with Crippen LogP contribution in [0.4, 0.5) is 10.1 Å². The molecule has 3 rings (SSSR count). The fourth-order valence-electron chi connectivity index (χ4n) is 2.73. The number of ether oxygens (including phenoxy) is 3. The van der Waals surface area contributed by atoms with Crippen molar-refractivity contribution in [2.75, 3.05) is 18.5 Å². The van der Waals surface area contributed by atoms with Gasteiger partial charge >= 0.3 is 0 Å². The Morgan fingerprint density at radius 1 is 1.31 bits per heavy atom. The summed E-state index contributed by atoms with van der Waals surface area (Å²) in [6.07, 6.45) is 0.893. The third-order valence-electron chi connectivity index (χ3n) is 3.82. The molecular weight excluding hydrogens is 405 g/mol. The van der Waals surface area contributed by atoms with Gasteiger partial charge in [-0.15, -0.1) is 0 Å². The molecule has 1 aliphatic rings. The molecule has 0 saturated heterocycles. The molecule has 0 spiro atoms. The van der Waals surface area contributed by atoms with Gasteiger partial charge in [0.25, 0.3) is 5.91 Å². The largest absolute Gasteiger partial charge is 0.492 e. The molecule has 0 bridgehead atoms. The molecule has 0 aromatic heterocycles. The summed E-state index contributed by atoms with van der Waals surface area (Å²) in [5, 5.41) is 2.74. The van der Waals surface area contributed by atoms with E-state index in [-0.39, 0.29) is 18.5 Å². The fraction of sp³-hybridized carbons (Fsp3) is 0.316. The van der Waals surface area contributed by atoms with E-state index in [1.54, 1.807) is 12.1 Å². The van der Waals surface area contributed by atoms with Gasteiger partial charge in [-0.2, -0.15) is 0 Å². The molecule has 5 nitrogen and oxygen atoms in total. The van der Waals surface area contributed by atoms with Crippen LogP contribution >= 0.6 is 15.9 Å². The minimum Gasteiger partial charge on any atom is -0.492 e. The minimum absolute atomic E-state index is 0.0134. The van der Waals surface area contributed by atoms with Gasteiger partial charge in [-0.1, -0.05) is 15.9 Å². The van der Waals surface area contributed by atoms with E-state index in [2.05, 4.69) is 21.2 Å². The molecule has 2 aromatic carbocycles. The van der Waals surface area contributed by atoms with E-state index in [1.807, 2.05) is 19.9 Å². The van der Waals surface area contributed by atoms with Crippen LogP contribution in [0, 0.1) is 5.82 Å². The first-order valence-corrected chi connectivity index (χ1v) is 9.09. The van der Waals surface area contributed by atoms with E-state index < -0.39 is 11.7 Å². The summed E-state index contributed by atoms with van der Waals surface area (Å²) in [6, 6.07) is 8.01. The van der Waals surface area contributed by atoms with Crippen LogP contribution in [0.25, 0.3) is 0 Å². The molecule has 1 N–H and O–H groups in total. The van der Waals surface area contributed by atoms with Gasteiger partial charge in [-0.25, -0.2) is 4.39 Å². The smallest absolute Gasteiger partial charge is 0.262 e. The number of rotatable bonds is 6. The maximum atomic E-state index is 13.8. The normalized spacial score (nSPS) is 15.2. The number of halogens is 2. The van der Waals surface area contributed by atoms with Gasteiger partial charge in [0.15, 0.2) is 18.2 Å². The number of benzene rings is 2. The van der Waals surface area contributed by atoms with Crippen LogP contribution in [0.2, 0.25) is 0 Å². The zero-order valence-corrected chi connectivity index (χ0v) is 16.1. The van der Waals surface area contributed by atoms with Crippen LogP contribution in [0.3, 0.4) is 0 Å². The second-order valence-electron chi connectivity index (χ2n) is 5.93. The zero-order valence-electron chi connectivity index (χ0n) is 14.5. The van der Waals surface area contributed by atoms with Gasteiger partial charge in [0, 0.05) is 22.5 Å². The molecule has 0 aliphatic carbocycles. The molecule has 0 fully saturated rings. The summed E-state index contributed by atoms with van der Waals surface area (Å²) >= 11 is 3.17. The van der Waals surface area contributed by atoms with Crippen LogP contribution in [-0.4, -0.2) is 25.2 Å². The van der Waals surface area contributed by atoms with E-state index in [0.717, 1.165) is 17.7 Å². The van der Waals surface area contributed by atoms with Crippen molar-refractivity contribution in [2.24, 2.45) is 0 Å². The van der Waals surface area contributed by atoms with Crippen molar-refractivity contribution in [2.45, 2.75) is 26.4 Å². The highest BCUT2D eigenvalue weighted by Gasteiger charge is 2.22. The number of amides is 1. The SMILES string of the molecule is CCOc1cc2c(cc1NC(=O)COc1ccc(Br)cc1F)O[C@@H](C)C2. The molecule has 1 atom stereocenters. The third kappa shape index (κ3) is 4.27. The maximum Gasteiger partial charge on any atom is 0.262 e. The Morgan fingerprint density at radius 3 is 2.85 bits per heavy atom. The van der Waals surface area contributed by atoms with Crippen LogP contribution < -0.4 is 19.5 Å². The quantitative estimate of drug-likeness (QED) is 0.750. The lowest BCUT2D eigenvalue weighted by molar-refractivity contribution is -0.118. The molecule has 1 amide bonds. The van der Waals surface area contributed by atoms with E-state index in [1.165, 1.54) is 12.1 Å². The number of nitrogens with one attached hydrogen (secondary N) is 1. The lowest BCUT2D eigenvalue weighted by Crippen LogP contribution is -2.21. The summed E-state index contributed by atoms with van der Waals surface area (Å²) < 4.78 is 31.0. The van der Waals surface area contributed by atoms with E-state index in [0.29, 0.717) is 22.5 Å². The van der Waals surface area contributed by atoms with E-state index in [9.17, 15) is 9.18 Å². The maximum absolute atomic E-state index is 13.8. The van der Waals surface area contributed by atoms with Crippen LogP contribution in [0.5, 0.6) is 17.2 Å². The lowest BCUT2D eigenvalue weighted by Gasteiger charge is -2.14. The zero-order chi connectivity index (χ0) is 18.7. The standard InChI is InChI=1S/C19H19BrFNO4/c1-3-24-18-7-12-6-11(2)26-17(12)9-15(18)22-19(23)10-25-16-5-4-13(20)8-14(16)21/h4-5,7-9,11H,3,6,10H2,1-2H3,(H,22,23)/t11-/m0/s1. The van der Waals surface area contributed by atoms with Crippen molar-refractivity contribution in [1.82, 2.24) is 0 Å². The van der Waals surface area contributed by atoms with E-state index in [4.69, 9.17) is 14.2 Å². The van der Waals surface area contributed by atoms with Crippen molar-refractivity contribution in [3.8, 4) is 17.2 Å². The van der Waals surface area contributed by atoms with Crippen LogP contribution in [0.1, 0.15) is 19.4 Å². The average molecular weight is 424 g/mol. The summed E-state index contributed by atoms with van der Waals surface area (Å²) in [5.74, 6) is 0.365. The highest BCUT2D eigenvalue weighted by molar-refractivity contribution is 9.10. The van der Waals surface area contributed by atoms with Gasteiger partial charge in [-0.3, -0.25) is 4.79 Å². The van der Waals surface area contributed by atoms with Gasteiger partial charge in [0.05, 0.1) is 12.3 Å². The molecule has 7 heteroatoms. The Hall–Kier alpha value is -2.28. The Bertz CT molecular complexity index is 827. The monoisotopic (exact) mass is 423 g/mol. The predicted molar refractivity (Wildman–Crippen MR) is 99.6 cm³/mol. The van der Waals surface area contributed by atoms with Crippen LogP contribution in [0.15, 0.2) is 34.8 Å². The first kappa shape index (κ1) is 18.5. The lowest BCUT2D eigenvalue weighted by atomic mass is 10.1. The van der Waals surface area contributed by atoms with Crippen molar-refractivity contribution in [3.05, 3.63) is 46.2 Å². The number of hydrogen-bond acceptors (Lipinski definition) is 4. The third-order valence-corrected chi connectivity index (χ3v) is 4.32. The number of carbonyl (C=O) groups is 1. The van der Waals surface area contributed by atoms with Crippen LogP contribution in [-0.2, 0) is 11.2 Å². The summed E-state index contributed by atoms with van der Waals surface area (Å²) in [4.78, 5) is 12.2. The predicted octanol–water partition coefficient (Wildman–Crippen LogP) is 4.33. The van der Waals surface area contributed by atoms with Gasteiger partial charge in [0.1, 0.15) is 17.6 Å². The molecule has 0 unspecified atom stereocenters. The van der Waals surface area contributed by atoms with Crippen molar-refractivity contribution in [1.29, 1.82) is 0 Å². The number of hydrogen-bond donors (Lipinski definition) is 1. The molecule has 0 saturated carbocycles. The molecule has 1 heterocycles. The second-order valence-corrected chi connectivity index (χ2v) is 6.85. The second kappa shape index (κ2) is 7.95. The Morgan fingerprint density at radius 2 is 2.12 bits per heavy atom. The number of fused-ring (bicyclic) bond motifs is 1. The summed E-state index contributed by atoms with van der Waals surface area (Å²) in [5.41, 5.74) is 1.55. The molecule has 26 heavy (non-hydrogen) atoms. The highest BCUT2D eigenvalue weighted by Crippen LogP contribution is 2.38. The van der Waals surface area contributed by atoms with Crippen molar-refractivity contribution < 1.29 is 23.4 Å². The van der Waals surface area contributed by atoms with Gasteiger partial charge < -0.3 is 19.5 Å². The summed E-state index contributed by atoms with van der Waals surface area (Å²) in [6.45, 7) is 4.01. The summed E-state index contributed by atoms with van der Waals surface area (Å²) in [7, 11) is 0. The minimum atomic E-state index is -0.540. The molecule has 138 valence electrons. The number of carbonyl (C=O) groups excluding carboxylic acids is 1. The van der Waals surface area contributed by atoms with Crippen molar-refractivity contribution in [3.63, 3.8) is 0 Å². The molecule has 0 radical (unpaired) electrons. The first-order valence-electron chi connectivity index (χ1n) is 8.30. The van der Waals surface area contributed by atoms with Gasteiger partial charge in [0.2, 0.25) is 0 Å².